The number of piperidine rings is 1. The second-order valence-electron chi connectivity index (χ2n) is 6.47. The molecule has 1 aliphatic rings. The van der Waals surface area contributed by atoms with Crippen molar-refractivity contribution in [1.82, 2.24) is 4.90 Å². The maximum absolute atomic E-state index is 13.0. The van der Waals surface area contributed by atoms with Crippen LogP contribution in [0.25, 0.3) is 0 Å². The van der Waals surface area contributed by atoms with Gasteiger partial charge in [-0.1, -0.05) is 18.2 Å². The minimum Gasteiger partial charge on any atom is -0.507 e. The number of rotatable bonds is 6. The summed E-state index contributed by atoms with van der Waals surface area (Å²) in [6.07, 6.45) is 3.83. The lowest BCUT2D eigenvalue weighted by Gasteiger charge is -2.36. The fourth-order valence-corrected chi connectivity index (χ4v) is 3.35. The second-order valence-corrected chi connectivity index (χ2v) is 6.47. The Morgan fingerprint density at radius 3 is 2.70 bits per heavy atom. The number of nitrogens with zero attached hydrogens (tertiary/aromatic N) is 1. The molecule has 1 atom stereocenters. The Bertz CT molecular complexity index is 848. The standard InChI is InChI=1S/C21H21NO5/c23-12-15-6-1-2-10-20(15)27-14-16-7-3-4-11-22(16)21(26)17-8-5-9-19(25)18(17)13-24/h1-2,5-6,8-10,12-13,16,25H,3-4,7,11,14H2/t16-/m0/s1. The zero-order valence-corrected chi connectivity index (χ0v) is 14.8. The predicted molar refractivity (Wildman–Crippen MR) is 99.5 cm³/mol. The highest BCUT2D eigenvalue weighted by atomic mass is 16.5. The smallest absolute Gasteiger partial charge is 0.255 e. The van der Waals surface area contributed by atoms with E-state index in [1.54, 1.807) is 41.3 Å². The van der Waals surface area contributed by atoms with Crippen molar-refractivity contribution in [2.24, 2.45) is 0 Å². The molecule has 1 amide bonds. The maximum Gasteiger partial charge on any atom is 0.255 e. The van der Waals surface area contributed by atoms with Crippen molar-refractivity contribution in [1.29, 1.82) is 0 Å². The number of amides is 1. The number of carbonyl (C=O) groups is 3. The first kappa shape index (κ1) is 18.6. The molecule has 0 bridgehead atoms. The molecule has 2 aromatic carbocycles. The number of ether oxygens (including phenoxy) is 1. The van der Waals surface area contributed by atoms with Gasteiger partial charge in [-0.05, 0) is 43.5 Å². The molecule has 0 unspecified atom stereocenters. The number of para-hydroxylation sites is 1. The van der Waals surface area contributed by atoms with Gasteiger partial charge in [-0.25, -0.2) is 0 Å². The van der Waals surface area contributed by atoms with Gasteiger partial charge in [0.2, 0.25) is 0 Å². The van der Waals surface area contributed by atoms with Crippen molar-refractivity contribution in [3.8, 4) is 11.5 Å². The Labute approximate surface area is 157 Å². The van der Waals surface area contributed by atoms with Crippen LogP contribution in [0.1, 0.15) is 50.3 Å². The molecule has 1 heterocycles. The highest BCUT2D eigenvalue weighted by molar-refractivity contribution is 6.03. The minimum atomic E-state index is -0.301. The summed E-state index contributed by atoms with van der Waals surface area (Å²) in [5.41, 5.74) is 0.645. The van der Waals surface area contributed by atoms with E-state index in [2.05, 4.69) is 0 Å². The van der Waals surface area contributed by atoms with E-state index < -0.39 is 0 Å². The third-order valence-corrected chi connectivity index (χ3v) is 4.80. The monoisotopic (exact) mass is 367 g/mol. The first-order chi connectivity index (χ1) is 13.2. The zero-order chi connectivity index (χ0) is 19.2. The van der Waals surface area contributed by atoms with Gasteiger partial charge in [0.25, 0.3) is 5.91 Å². The van der Waals surface area contributed by atoms with Crippen molar-refractivity contribution in [2.45, 2.75) is 25.3 Å². The van der Waals surface area contributed by atoms with Crippen molar-refractivity contribution in [3.63, 3.8) is 0 Å². The lowest BCUT2D eigenvalue weighted by atomic mass is 9.99. The van der Waals surface area contributed by atoms with E-state index >= 15 is 0 Å². The van der Waals surface area contributed by atoms with Crippen molar-refractivity contribution >= 4 is 18.5 Å². The maximum atomic E-state index is 13.0. The van der Waals surface area contributed by atoms with Crippen LogP contribution >= 0.6 is 0 Å². The number of aldehydes is 2. The number of hydrogen-bond donors (Lipinski definition) is 1. The number of carbonyl (C=O) groups excluding carboxylic acids is 3. The molecular weight excluding hydrogens is 346 g/mol. The molecule has 0 saturated carbocycles. The van der Waals surface area contributed by atoms with E-state index in [1.807, 2.05) is 0 Å². The van der Waals surface area contributed by atoms with Crippen LogP contribution in [0.3, 0.4) is 0 Å². The van der Waals surface area contributed by atoms with Crippen molar-refractivity contribution < 1.29 is 24.2 Å². The number of benzene rings is 2. The first-order valence-electron chi connectivity index (χ1n) is 8.91. The van der Waals surface area contributed by atoms with Crippen LogP contribution in [0, 0.1) is 0 Å². The average molecular weight is 367 g/mol. The van der Waals surface area contributed by atoms with Crippen LogP contribution in [0.2, 0.25) is 0 Å². The SMILES string of the molecule is O=Cc1ccccc1OC[C@@H]1CCCCN1C(=O)c1cccc(O)c1C=O. The summed E-state index contributed by atoms with van der Waals surface area (Å²) in [6.45, 7) is 0.808. The molecule has 0 aliphatic carbocycles. The molecule has 2 aromatic rings. The van der Waals surface area contributed by atoms with E-state index in [4.69, 9.17) is 4.74 Å². The Kier molecular flexibility index (Phi) is 5.86. The molecule has 140 valence electrons. The van der Waals surface area contributed by atoms with Crippen LogP contribution < -0.4 is 4.74 Å². The molecule has 3 rings (SSSR count). The van der Waals surface area contributed by atoms with Gasteiger partial charge in [-0.15, -0.1) is 0 Å². The van der Waals surface area contributed by atoms with Gasteiger partial charge in [-0.3, -0.25) is 14.4 Å². The van der Waals surface area contributed by atoms with Gasteiger partial charge in [0, 0.05) is 6.54 Å². The molecule has 1 aliphatic heterocycles. The fourth-order valence-electron chi connectivity index (χ4n) is 3.35. The summed E-state index contributed by atoms with van der Waals surface area (Å²) in [5.74, 6) is -0.0260. The van der Waals surface area contributed by atoms with Gasteiger partial charge >= 0.3 is 0 Å². The third-order valence-electron chi connectivity index (χ3n) is 4.80. The van der Waals surface area contributed by atoms with Gasteiger partial charge < -0.3 is 14.7 Å². The third kappa shape index (κ3) is 4.00. The highest BCUT2D eigenvalue weighted by Crippen LogP contribution is 2.25. The van der Waals surface area contributed by atoms with E-state index in [-0.39, 0.29) is 35.4 Å². The molecule has 0 aromatic heterocycles. The molecule has 27 heavy (non-hydrogen) atoms. The lowest BCUT2D eigenvalue weighted by molar-refractivity contribution is 0.0525. The largest absolute Gasteiger partial charge is 0.507 e. The number of aromatic hydroxyl groups is 1. The molecule has 6 heteroatoms. The van der Waals surface area contributed by atoms with Gasteiger partial charge in [0.1, 0.15) is 18.1 Å². The summed E-state index contributed by atoms with van der Waals surface area (Å²) in [6, 6.07) is 11.2. The zero-order valence-electron chi connectivity index (χ0n) is 14.8. The molecule has 1 N–H and O–H groups in total. The summed E-state index contributed by atoms with van der Waals surface area (Å²) < 4.78 is 5.82. The normalized spacial score (nSPS) is 16.6. The van der Waals surface area contributed by atoms with E-state index in [1.165, 1.54) is 6.07 Å². The van der Waals surface area contributed by atoms with Gasteiger partial charge in [0.05, 0.1) is 22.7 Å². The number of hydrogen-bond acceptors (Lipinski definition) is 5. The summed E-state index contributed by atoms with van der Waals surface area (Å²) >= 11 is 0. The summed E-state index contributed by atoms with van der Waals surface area (Å²) in [5, 5.41) is 9.85. The van der Waals surface area contributed by atoms with Crippen LogP contribution in [0.15, 0.2) is 42.5 Å². The fraction of sp³-hybridized carbons (Fsp3) is 0.286. The molecule has 0 spiro atoms. The van der Waals surface area contributed by atoms with Gasteiger partial charge in [0.15, 0.2) is 12.6 Å². The van der Waals surface area contributed by atoms with Crippen LogP contribution in [-0.2, 0) is 0 Å². The number of phenols is 1. The Balaban J connectivity index is 1.79. The topological polar surface area (TPSA) is 83.9 Å². The lowest BCUT2D eigenvalue weighted by Crippen LogP contribution is -2.47. The van der Waals surface area contributed by atoms with Crippen molar-refractivity contribution in [3.05, 3.63) is 59.2 Å². The number of likely N-dealkylation sites (tertiary alicyclic amines) is 1. The quantitative estimate of drug-likeness (QED) is 0.793. The van der Waals surface area contributed by atoms with E-state index in [9.17, 15) is 19.5 Å². The van der Waals surface area contributed by atoms with Crippen LogP contribution in [-0.4, -0.2) is 47.7 Å². The Morgan fingerprint density at radius 2 is 1.93 bits per heavy atom. The predicted octanol–water partition coefficient (Wildman–Crippen LogP) is 3.09. The minimum absolute atomic E-state index is 0.000887. The molecular formula is C21H21NO5. The molecule has 0 radical (unpaired) electrons. The molecule has 1 fully saturated rings. The number of phenolic OH excluding ortho intramolecular Hbond substituents is 1. The Morgan fingerprint density at radius 1 is 1.11 bits per heavy atom. The average Bonchev–Trinajstić information content (AvgIpc) is 2.72. The van der Waals surface area contributed by atoms with E-state index in [0.717, 1.165) is 25.5 Å². The van der Waals surface area contributed by atoms with E-state index in [0.29, 0.717) is 24.1 Å². The van der Waals surface area contributed by atoms with Crippen molar-refractivity contribution in [2.75, 3.05) is 13.2 Å². The van der Waals surface area contributed by atoms with Crippen LogP contribution in [0.4, 0.5) is 0 Å². The first-order valence-corrected chi connectivity index (χ1v) is 8.91. The van der Waals surface area contributed by atoms with Gasteiger partial charge in [-0.2, -0.15) is 0 Å². The van der Waals surface area contributed by atoms with Crippen LogP contribution in [0.5, 0.6) is 11.5 Å². The molecule has 1 saturated heterocycles. The molecule has 6 nitrogen and oxygen atoms in total. The summed E-state index contributed by atoms with van der Waals surface area (Å²) in [7, 11) is 0. The highest BCUT2D eigenvalue weighted by Gasteiger charge is 2.30. The Hall–Kier alpha value is -3.15. The second kappa shape index (κ2) is 8.49. The summed E-state index contributed by atoms with van der Waals surface area (Å²) in [4.78, 5) is 37.2.